The van der Waals surface area contributed by atoms with Crippen molar-refractivity contribution in [3.8, 4) is 0 Å². The van der Waals surface area contributed by atoms with E-state index in [2.05, 4.69) is 15.9 Å². The molecular formula is C13H13BrClF3O. The summed E-state index contributed by atoms with van der Waals surface area (Å²) in [6.07, 6.45) is -3.12. The lowest BCUT2D eigenvalue weighted by molar-refractivity contribution is -0.137. The highest BCUT2D eigenvalue weighted by atomic mass is 79.9. The van der Waals surface area contributed by atoms with E-state index in [1.807, 2.05) is 6.92 Å². The topological polar surface area (TPSA) is 17.1 Å². The van der Waals surface area contributed by atoms with E-state index in [4.69, 9.17) is 11.6 Å². The van der Waals surface area contributed by atoms with Crippen molar-refractivity contribution < 1.29 is 18.0 Å². The lowest BCUT2D eigenvalue weighted by Crippen LogP contribution is -2.16. The quantitative estimate of drug-likeness (QED) is 0.675. The van der Waals surface area contributed by atoms with Crippen LogP contribution in [0.5, 0.6) is 0 Å². The van der Waals surface area contributed by atoms with Crippen molar-refractivity contribution in [2.24, 2.45) is 0 Å². The molecule has 0 aliphatic carbocycles. The Bertz CT molecular complexity index is 460. The van der Waals surface area contributed by atoms with E-state index in [1.165, 1.54) is 6.07 Å². The average Bonchev–Trinajstić information content (AvgIpc) is 2.27. The summed E-state index contributed by atoms with van der Waals surface area (Å²) < 4.78 is 37.9. The molecule has 0 amide bonds. The van der Waals surface area contributed by atoms with Crippen LogP contribution in [-0.4, -0.2) is 10.6 Å². The van der Waals surface area contributed by atoms with Crippen LogP contribution in [0.4, 0.5) is 13.2 Å². The second kappa shape index (κ2) is 6.75. The smallest absolute Gasteiger partial charge is 0.298 e. The molecule has 6 heteroatoms. The second-order valence-electron chi connectivity index (χ2n) is 4.23. The van der Waals surface area contributed by atoms with Gasteiger partial charge in [0.05, 0.1) is 10.4 Å². The zero-order valence-electron chi connectivity index (χ0n) is 10.2. The van der Waals surface area contributed by atoms with Crippen molar-refractivity contribution in [2.75, 3.05) is 0 Å². The molecule has 0 heterocycles. The van der Waals surface area contributed by atoms with Crippen LogP contribution in [0.2, 0.25) is 5.02 Å². The van der Waals surface area contributed by atoms with Crippen molar-refractivity contribution in [3.63, 3.8) is 0 Å². The van der Waals surface area contributed by atoms with Gasteiger partial charge < -0.3 is 0 Å². The van der Waals surface area contributed by atoms with E-state index < -0.39 is 16.6 Å². The Hall–Kier alpha value is -0.550. The Kier molecular flexibility index (Phi) is 5.86. The van der Waals surface area contributed by atoms with Gasteiger partial charge in [-0.2, -0.15) is 13.2 Å². The zero-order valence-corrected chi connectivity index (χ0v) is 12.6. The van der Waals surface area contributed by atoms with E-state index in [0.717, 1.165) is 12.1 Å². The molecule has 1 atom stereocenters. The molecule has 0 radical (unpaired) electrons. The molecule has 0 aliphatic heterocycles. The first-order valence-corrected chi connectivity index (χ1v) is 7.07. The van der Waals surface area contributed by atoms with Gasteiger partial charge in [-0.25, -0.2) is 0 Å². The van der Waals surface area contributed by atoms with Crippen LogP contribution in [0.25, 0.3) is 0 Å². The fraction of sp³-hybridized carbons (Fsp3) is 0.462. The van der Waals surface area contributed by atoms with Gasteiger partial charge in [-0.3, -0.25) is 4.79 Å². The third-order valence-corrected chi connectivity index (χ3v) is 3.60. The summed E-state index contributed by atoms with van der Waals surface area (Å²) in [6.45, 7) is 1.87. The van der Waals surface area contributed by atoms with Gasteiger partial charge in [0.2, 0.25) is 0 Å². The van der Waals surface area contributed by atoms with Crippen molar-refractivity contribution in [2.45, 2.75) is 37.2 Å². The van der Waals surface area contributed by atoms with Gasteiger partial charge in [0.25, 0.3) is 0 Å². The lowest BCUT2D eigenvalue weighted by atomic mass is 10.0. The predicted octanol–water partition coefficient (Wildman–Crippen LogP) is 5.03. The summed E-state index contributed by atoms with van der Waals surface area (Å²) in [5, 5.41) is 0.0208. The largest absolute Gasteiger partial charge is 0.416 e. The fourth-order valence-electron chi connectivity index (χ4n) is 1.66. The fourth-order valence-corrected chi connectivity index (χ4v) is 2.52. The normalized spacial score (nSPS) is 13.4. The van der Waals surface area contributed by atoms with Crippen LogP contribution >= 0.6 is 27.5 Å². The SMILES string of the molecule is CCCC(=O)C(Br)Cc1cc(Cl)cc(C(F)(F)F)c1. The molecule has 0 fully saturated rings. The zero-order chi connectivity index (χ0) is 14.6. The minimum absolute atomic E-state index is 0.0176. The molecule has 1 nitrogen and oxygen atoms in total. The Balaban J connectivity index is 2.90. The number of hydrogen-bond acceptors (Lipinski definition) is 1. The van der Waals surface area contributed by atoms with Crippen molar-refractivity contribution in [3.05, 3.63) is 34.3 Å². The minimum atomic E-state index is -4.44. The third-order valence-electron chi connectivity index (χ3n) is 2.55. The number of benzene rings is 1. The lowest BCUT2D eigenvalue weighted by Gasteiger charge is -2.12. The van der Waals surface area contributed by atoms with Crippen LogP contribution in [0.15, 0.2) is 18.2 Å². The van der Waals surface area contributed by atoms with Crippen LogP contribution in [0, 0.1) is 0 Å². The van der Waals surface area contributed by atoms with E-state index >= 15 is 0 Å². The molecule has 0 spiro atoms. The number of carbonyl (C=O) groups is 1. The number of alkyl halides is 4. The molecular weight excluding hydrogens is 344 g/mol. The summed E-state index contributed by atoms with van der Waals surface area (Å²) in [5.41, 5.74) is -0.399. The highest BCUT2D eigenvalue weighted by Crippen LogP contribution is 2.32. The van der Waals surface area contributed by atoms with E-state index in [1.54, 1.807) is 0 Å². The molecule has 0 aromatic heterocycles. The summed E-state index contributed by atoms with van der Waals surface area (Å²) in [4.78, 5) is 11.1. The maximum absolute atomic E-state index is 12.6. The monoisotopic (exact) mass is 356 g/mol. The molecule has 0 saturated heterocycles. The first-order chi connectivity index (χ1) is 8.74. The molecule has 1 aromatic carbocycles. The molecule has 19 heavy (non-hydrogen) atoms. The predicted molar refractivity (Wildman–Crippen MR) is 72.8 cm³/mol. The number of carbonyl (C=O) groups excluding carboxylic acids is 1. The summed E-state index contributed by atoms with van der Waals surface area (Å²) in [7, 11) is 0. The van der Waals surface area contributed by atoms with Gasteiger partial charge >= 0.3 is 6.18 Å². The highest BCUT2D eigenvalue weighted by Gasteiger charge is 2.31. The second-order valence-corrected chi connectivity index (χ2v) is 5.78. The number of rotatable bonds is 5. The maximum Gasteiger partial charge on any atom is 0.416 e. The standard InChI is InChI=1S/C13H13BrClF3O/c1-2-3-12(19)11(14)6-8-4-9(13(16,17)18)7-10(15)5-8/h4-5,7,11H,2-3,6H2,1H3. The van der Waals surface area contributed by atoms with Crippen LogP contribution in [0.3, 0.4) is 0 Å². The Morgan fingerprint density at radius 2 is 2.00 bits per heavy atom. The maximum atomic E-state index is 12.6. The number of ketones is 1. The summed E-state index contributed by atoms with van der Waals surface area (Å²) in [5.74, 6) is -0.0176. The molecule has 0 bridgehead atoms. The van der Waals surface area contributed by atoms with E-state index in [9.17, 15) is 18.0 Å². The van der Waals surface area contributed by atoms with E-state index in [0.29, 0.717) is 18.4 Å². The van der Waals surface area contributed by atoms with Gasteiger partial charge in [-0.15, -0.1) is 0 Å². The molecule has 1 unspecified atom stereocenters. The number of Topliss-reactive ketones (excluding diaryl/α,β-unsaturated/α-hetero) is 1. The van der Waals surface area contributed by atoms with Crippen LogP contribution in [0.1, 0.15) is 30.9 Å². The highest BCUT2D eigenvalue weighted by molar-refractivity contribution is 9.10. The van der Waals surface area contributed by atoms with Crippen LogP contribution < -0.4 is 0 Å². The molecule has 0 aliphatic rings. The molecule has 1 aromatic rings. The Morgan fingerprint density at radius 1 is 1.37 bits per heavy atom. The first-order valence-electron chi connectivity index (χ1n) is 5.77. The Labute approximate surface area is 123 Å². The summed E-state index contributed by atoms with van der Waals surface area (Å²) >= 11 is 8.89. The van der Waals surface area contributed by atoms with Gasteiger partial charge in [0.1, 0.15) is 5.78 Å². The van der Waals surface area contributed by atoms with Gasteiger partial charge in [-0.1, -0.05) is 34.5 Å². The molecule has 0 saturated carbocycles. The average molecular weight is 358 g/mol. The number of hydrogen-bond donors (Lipinski definition) is 0. The van der Waals surface area contributed by atoms with Crippen molar-refractivity contribution in [1.29, 1.82) is 0 Å². The van der Waals surface area contributed by atoms with Gasteiger partial charge in [0.15, 0.2) is 0 Å². The van der Waals surface area contributed by atoms with Crippen molar-refractivity contribution >= 4 is 33.3 Å². The third kappa shape index (κ3) is 5.15. The summed E-state index contributed by atoms with van der Waals surface area (Å²) in [6, 6.07) is 3.35. The van der Waals surface area contributed by atoms with E-state index in [-0.39, 0.29) is 17.2 Å². The molecule has 0 N–H and O–H groups in total. The molecule has 1 rings (SSSR count). The van der Waals surface area contributed by atoms with Gasteiger partial charge in [-0.05, 0) is 36.6 Å². The van der Waals surface area contributed by atoms with Crippen molar-refractivity contribution in [1.82, 2.24) is 0 Å². The Morgan fingerprint density at radius 3 is 2.53 bits per heavy atom. The molecule has 106 valence electrons. The number of halogens is 5. The first kappa shape index (κ1) is 16.5. The van der Waals surface area contributed by atoms with Crippen LogP contribution in [-0.2, 0) is 17.4 Å². The van der Waals surface area contributed by atoms with Gasteiger partial charge in [0, 0.05) is 11.4 Å². The minimum Gasteiger partial charge on any atom is -0.298 e.